The molecular weight excluding hydrogens is 327 g/mol. The first-order valence-electron chi connectivity index (χ1n) is 6.89. The van der Waals surface area contributed by atoms with E-state index in [9.17, 15) is 18.0 Å². The van der Waals surface area contributed by atoms with E-state index in [0.717, 1.165) is 11.6 Å². The quantitative estimate of drug-likeness (QED) is 0.708. The molecule has 0 amide bonds. The van der Waals surface area contributed by atoms with Crippen molar-refractivity contribution in [2.75, 3.05) is 23.7 Å². The van der Waals surface area contributed by atoms with Crippen molar-refractivity contribution in [1.82, 2.24) is 15.0 Å². The van der Waals surface area contributed by atoms with Crippen LogP contribution in [0.25, 0.3) is 0 Å². The van der Waals surface area contributed by atoms with Crippen LogP contribution in [-0.2, 0) is 17.4 Å². The highest BCUT2D eigenvalue weighted by atomic mass is 19.4. The summed E-state index contributed by atoms with van der Waals surface area (Å²) < 4.78 is 38.6. The van der Waals surface area contributed by atoms with Gasteiger partial charge in [-0.1, -0.05) is 0 Å². The van der Waals surface area contributed by atoms with Gasteiger partial charge in [0.2, 0.25) is 5.95 Å². The fraction of sp³-hybridized carbons (Fsp3) is 0.286. The Morgan fingerprint density at radius 2 is 1.88 bits per heavy atom. The second-order valence-electron chi connectivity index (χ2n) is 4.74. The van der Waals surface area contributed by atoms with Crippen LogP contribution in [0, 0.1) is 0 Å². The van der Waals surface area contributed by atoms with E-state index in [-0.39, 0.29) is 5.82 Å². The standard InChI is InChI=1S/C14H14F3N5O2/c15-14(16,17)10-7-11(22-13(21-10)20-8-12(23)24)19-6-3-9-1-4-18-5-2-9/h1-2,4-5,7H,3,6,8H2,(H,23,24)(H2,19,20,21,22). The van der Waals surface area contributed by atoms with Crippen LogP contribution in [-0.4, -0.2) is 39.1 Å². The number of halogens is 3. The number of nitrogens with one attached hydrogen (secondary N) is 2. The molecule has 10 heteroatoms. The first-order valence-corrected chi connectivity index (χ1v) is 6.89. The van der Waals surface area contributed by atoms with Crippen molar-refractivity contribution in [3.63, 3.8) is 0 Å². The number of carboxylic acids is 1. The van der Waals surface area contributed by atoms with Crippen LogP contribution in [0.2, 0.25) is 0 Å². The molecule has 0 unspecified atom stereocenters. The molecule has 2 heterocycles. The third-order valence-electron chi connectivity index (χ3n) is 2.88. The predicted octanol–water partition coefficient (Wildman–Crippen LogP) is 2.04. The number of carbonyl (C=O) groups is 1. The third kappa shape index (κ3) is 5.38. The van der Waals surface area contributed by atoms with Crippen molar-refractivity contribution >= 4 is 17.7 Å². The van der Waals surface area contributed by atoms with E-state index in [1.807, 2.05) is 0 Å². The minimum absolute atomic E-state index is 0.0423. The fourth-order valence-corrected chi connectivity index (χ4v) is 1.80. The maximum Gasteiger partial charge on any atom is 0.433 e. The zero-order valence-electron chi connectivity index (χ0n) is 12.3. The summed E-state index contributed by atoms with van der Waals surface area (Å²) in [5, 5.41) is 13.6. The van der Waals surface area contributed by atoms with E-state index in [0.29, 0.717) is 13.0 Å². The van der Waals surface area contributed by atoms with E-state index < -0.39 is 30.3 Å². The van der Waals surface area contributed by atoms with Gasteiger partial charge in [0.15, 0.2) is 5.69 Å². The van der Waals surface area contributed by atoms with Crippen molar-refractivity contribution in [1.29, 1.82) is 0 Å². The van der Waals surface area contributed by atoms with Gasteiger partial charge in [0, 0.05) is 25.0 Å². The predicted molar refractivity (Wildman–Crippen MR) is 79.6 cm³/mol. The van der Waals surface area contributed by atoms with E-state index in [1.54, 1.807) is 24.5 Å². The van der Waals surface area contributed by atoms with E-state index in [2.05, 4.69) is 25.6 Å². The number of hydrogen-bond acceptors (Lipinski definition) is 6. The smallest absolute Gasteiger partial charge is 0.433 e. The Kier molecular flexibility index (Phi) is 5.51. The summed E-state index contributed by atoms with van der Waals surface area (Å²) in [5.41, 5.74) is -0.191. The van der Waals surface area contributed by atoms with Gasteiger partial charge in [0.25, 0.3) is 0 Å². The summed E-state index contributed by atoms with van der Waals surface area (Å²) in [6.07, 6.45) is -0.860. The molecule has 0 aliphatic heterocycles. The maximum atomic E-state index is 12.9. The van der Waals surface area contributed by atoms with Crippen LogP contribution >= 0.6 is 0 Å². The normalized spacial score (nSPS) is 11.1. The lowest BCUT2D eigenvalue weighted by Gasteiger charge is -2.12. The van der Waals surface area contributed by atoms with Gasteiger partial charge in [0.05, 0.1) is 0 Å². The first-order chi connectivity index (χ1) is 11.3. The van der Waals surface area contributed by atoms with Crippen LogP contribution in [0.3, 0.4) is 0 Å². The molecule has 0 aromatic carbocycles. The van der Waals surface area contributed by atoms with Crippen molar-refractivity contribution in [3.05, 3.63) is 41.9 Å². The van der Waals surface area contributed by atoms with Crippen LogP contribution in [0.4, 0.5) is 24.9 Å². The van der Waals surface area contributed by atoms with Gasteiger partial charge in [-0.3, -0.25) is 9.78 Å². The molecule has 0 radical (unpaired) electrons. The van der Waals surface area contributed by atoms with Crippen molar-refractivity contribution < 1.29 is 23.1 Å². The van der Waals surface area contributed by atoms with Crippen LogP contribution < -0.4 is 10.6 Å². The topological polar surface area (TPSA) is 100 Å². The van der Waals surface area contributed by atoms with E-state index >= 15 is 0 Å². The monoisotopic (exact) mass is 341 g/mol. The largest absolute Gasteiger partial charge is 0.480 e. The van der Waals surface area contributed by atoms with Crippen molar-refractivity contribution in [2.45, 2.75) is 12.6 Å². The van der Waals surface area contributed by atoms with Gasteiger partial charge in [-0.25, -0.2) is 4.98 Å². The molecule has 0 aliphatic carbocycles. The van der Waals surface area contributed by atoms with Gasteiger partial charge >= 0.3 is 12.1 Å². The lowest BCUT2D eigenvalue weighted by Crippen LogP contribution is -2.18. The first kappa shape index (κ1) is 17.4. The molecule has 0 fully saturated rings. The van der Waals surface area contributed by atoms with Gasteiger partial charge in [-0.15, -0.1) is 0 Å². The molecule has 2 rings (SSSR count). The second-order valence-corrected chi connectivity index (χ2v) is 4.74. The molecule has 24 heavy (non-hydrogen) atoms. The molecule has 7 nitrogen and oxygen atoms in total. The van der Waals surface area contributed by atoms with Crippen LogP contribution in [0.15, 0.2) is 30.6 Å². The summed E-state index contributed by atoms with van der Waals surface area (Å²) >= 11 is 0. The van der Waals surface area contributed by atoms with Gasteiger partial charge in [-0.05, 0) is 24.1 Å². The number of pyridine rings is 1. The Morgan fingerprint density at radius 3 is 2.50 bits per heavy atom. The lowest BCUT2D eigenvalue weighted by atomic mass is 10.2. The summed E-state index contributed by atoms with van der Waals surface area (Å²) in [5.74, 6) is -1.68. The van der Waals surface area contributed by atoms with E-state index in [1.165, 1.54) is 0 Å². The van der Waals surface area contributed by atoms with Crippen molar-refractivity contribution in [3.8, 4) is 0 Å². The van der Waals surface area contributed by atoms with Gasteiger partial charge in [-0.2, -0.15) is 18.2 Å². The number of carboxylic acid groups (broad SMARTS) is 1. The minimum atomic E-state index is -4.66. The molecular formula is C14H14F3N5O2. The summed E-state index contributed by atoms with van der Waals surface area (Å²) in [4.78, 5) is 21.5. The highest BCUT2D eigenvalue weighted by molar-refractivity contribution is 5.71. The van der Waals surface area contributed by atoms with Crippen LogP contribution in [0.5, 0.6) is 0 Å². The highest BCUT2D eigenvalue weighted by Crippen LogP contribution is 2.29. The maximum absolute atomic E-state index is 12.9. The molecule has 0 saturated heterocycles. The molecule has 0 saturated carbocycles. The van der Waals surface area contributed by atoms with Gasteiger partial charge in [0.1, 0.15) is 12.4 Å². The average molecular weight is 341 g/mol. The zero-order chi connectivity index (χ0) is 17.6. The number of nitrogens with zero attached hydrogens (tertiary/aromatic N) is 3. The van der Waals surface area contributed by atoms with Gasteiger partial charge < -0.3 is 15.7 Å². The zero-order valence-corrected chi connectivity index (χ0v) is 12.3. The number of aliphatic carboxylic acids is 1. The highest BCUT2D eigenvalue weighted by Gasteiger charge is 2.33. The minimum Gasteiger partial charge on any atom is -0.480 e. The Hall–Kier alpha value is -2.91. The summed E-state index contributed by atoms with van der Waals surface area (Å²) in [7, 11) is 0. The molecule has 2 aromatic heterocycles. The molecule has 0 bridgehead atoms. The summed E-state index contributed by atoms with van der Waals surface area (Å²) in [6.45, 7) is -0.242. The fourth-order valence-electron chi connectivity index (χ4n) is 1.80. The molecule has 3 N–H and O–H groups in total. The number of hydrogen-bond donors (Lipinski definition) is 3. The molecule has 0 atom stereocenters. The Morgan fingerprint density at radius 1 is 1.17 bits per heavy atom. The molecule has 0 aliphatic rings. The second kappa shape index (κ2) is 7.57. The Labute approximate surface area is 135 Å². The number of aromatic nitrogens is 3. The molecule has 2 aromatic rings. The Balaban J connectivity index is 2.09. The van der Waals surface area contributed by atoms with Crippen LogP contribution in [0.1, 0.15) is 11.3 Å². The lowest BCUT2D eigenvalue weighted by molar-refractivity contribution is -0.141. The third-order valence-corrected chi connectivity index (χ3v) is 2.88. The number of alkyl halides is 3. The van der Waals surface area contributed by atoms with Crippen molar-refractivity contribution in [2.24, 2.45) is 0 Å². The summed E-state index contributed by atoms with van der Waals surface area (Å²) in [6, 6.07) is 4.36. The average Bonchev–Trinajstić information content (AvgIpc) is 2.53. The molecule has 128 valence electrons. The SMILES string of the molecule is O=C(O)CNc1nc(NCCc2ccncc2)cc(C(F)(F)F)n1. The molecule has 0 spiro atoms. The Bertz CT molecular complexity index is 695. The number of anilines is 2. The number of rotatable bonds is 7. The van der Waals surface area contributed by atoms with E-state index in [4.69, 9.17) is 5.11 Å².